The van der Waals surface area contributed by atoms with Crippen LogP contribution >= 0.6 is 23.2 Å². The number of methoxy groups -OCH3 is 1. The molecule has 6 nitrogen and oxygen atoms in total. The van der Waals surface area contributed by atoms with Crippen LogP contribution < -0.4 is 10.6 Å². The second kappa shape index (κ2) is 8.90. The minimum Gasteiger partial charge on any atom is -0.465 e. The van der Waals surface area contributed by atoms with Gasteiger partial charge in [-0.25, -0.2) is 4.79 Å². The summed E-state index contributed by atoms with van der Waals surface area (Å²) in [4.78, 5) is 23.7. The number of hydrogen-bond acceptors (Lipinski definition) is 5. The van der Waals surface area contributed by atoms with E-state index in [2.05, 4.69) is 15.4 Å². The predicted octanol–water partition coefficient (Wildman–Crippen LogP) is 4.24. The van der Waals surface area contributed by atoms with Gasteiger partial charge in [-0.15, -0.1) is 0 Å². The molecule has 0 saturated heterocycles. The van der Waals surface area contributed by atoms with Gasteiger partial charge in [-0.3, -0.25) is 4.79 Å². The van der Waals surface area contributed by atoms with Crippen LogP contribution in [-0.2, 0) is 9.53 Å². The lowest BCUT2D eigenvalue weighted by Gasteiger charge is -2.08. The molecular weight excluding hydrogens is 377 g/mol. The maximum absolute atomic E-state index is 12.2. The van der Waals surface area contributed by atoms with Crippen LogP contribution in [0.5, 0.6) is 0 Å². The van der Waals surface area contributed by atoms with Crippen molar-refractivity contribution in [3.05, 3.63) is 69.8 Å². The molecule has 1 amide bonds. The van der Waals surface area contributed by atoms with Gasteiger partial charge in [-0.1, -0.05) is 29.3 Å². The van der Waals surface area contributed by atoms with Gasteiger partial charge in [0.2, 0.25) is 0 Å². The summed E-state index contributed by atoms with van der Waals surface area (Å²) < 4.78 is 4.64. The Labute approximate surface area is 160 Å². The van der Waals surface area contributed by atoms with E-state index in [1.165, 1.54) is 31.5 Å². The number of hydrogen-bond donors (Lipinski definition) is 2. The van der Waals surface area contributed by atoms with E-state index in [9.17, 15) is 14.9 Å². The molecule has 2 aromatic carbocycles. The summed E-state index contributed by atoms with van der Waals surface area (Å²) in [6.45, 7) is 0. The first-order valence-corrected chi connectivity index (χ1v) is 8.01. The zero-order chi connectivity index (χ0) is 19.1. The summed E-state index contributed by atoms with van der Waals surface area (Å²) in [5.74, 6) is -1.14. The fourth-order valence-electron chi connectivity index (χ4n) is 1.94. The van der Waals surface area contributed by atoms with Crippen molar-refractivity contribution in [1.29, 1.82) is 5.26 Å². The van der Waals surface area contributed by atoms with Gasteiger partial charge in [-0.2, -0.15) is 5.26 Å². The lowest BCUT2D eigenvalue weighted by molar-refractivity contribution is -0.112. The van der Waals surface area contributed by atoms with Crippen molar-refractivity contribution in [2.75, 3.05) is 17.7 Å². The number of nitriles is 1. The Balaban J connectivity index is 2.13. The quantitative estimate of drug-likeness (QED) is 0.453. The summed E-state index contributed by atoms with van der Waals surface area (Å²) in [7, 11) is 1.28. The van der Waals surface area contributed by atoms with Gasteiger partial charge in [0.1, 0.15) is 11.6 Å². The molecule has 0 radical (unpaired) electrons. The lowest BCUT2D eigenvalue weighted by Crippen LogP contribution is -2.15. The molecule has 26 heavy (non-hydrogen) atoms. The third-order valence-electron chi connectivity index (χ3n) is 3.21. The molecule has 0 aliphatic heterocycles. The summed E-state index contributed by atoms with van der Waals surface area (Å²) in [6.07, 6.45) is 1.23. The number of halogens is 2. The summed E-state index contributed by atoms with van der Waals surface area (Å²) in [5, 5.41) is 15.2. The first kappa shape index (κ1) is 19.3. The Morgan fingerprint density at radius 3 is 2.62 bits per heavy atom. The van der Waals surface area contributed by atoms with Crippen molar-refractivity contribution >= 4 is 46.5 Å². The number of nitrogens with one attached hydrogen (secondary N) is 2. The molecule has 8 heteroatoms. The lowest BCUT2D eigenvalue weighted by atomic mass is 10.2. The van der Waals surface area contributed by atoms with E-state index in [-0.39, 0.29) is 10.6 Å². The smallest absolute Gasteiger partial charge is 0.337 e. The fraction of sp³-hybridized carbons (Fsp3) is 0.0556. The molecule has 0 fully saturated rings. The number of benzene rings is 2. The Morgan fingerprint density at radius 1 is 1.19 bits per heavy atom. The molecule has 0 unspecified atom stereocenters. The van der Waals surface area contributed by atoms with Crippen LogP contribution in [-0.4, -0.2) is 19.0 Å². The monoisotopic (exact) mass is 389 g/mol. The SMILES string of the molecule is COC(=O)c1cccc(N/C=C(/C#N)C(=O)Nc2ccc(Cl)cc2Cl)c1. The van der Waals surface area contributed by atoms with E-state index in [1.54, 1.807) is 30.3 Å². The van der Waals surface area contributed by atoms with Gasteiger partial charge in [-0.05, 0) is 36.4 Å². The first-order valence-electron chi connectivity index (χ1n) is 7.26. The molecule has 2 aromatic rings. The van der Waals surface area contributed by atoms with Crippen LogP contribution in [0.4, 0.5) is 11.4 Å². The molecule has 0 bridgehead atoms. The minimum absolute atomic E-state index is 0.181. The highest BCUT2D eigenvalue weighted by Gasteiger charge is 2.12. The van der Waals surface area contributed by atoms with Crippen molar-refractivity contribution in [3.8, 4) is 6.07 Å². The Kier molecular flexibility index (Phi) is 6.61. The summed E-state index contributed by atoms with van der Waals surface area (Å²) in [5.41, 5.74) is 0.995. The molecule has 0 aliphatic carbocycles. The molecule has 2 rings (SSSR count). The van der Waals surface area contributed by atoms with Gasteiger partial charge < -0.3 is 15.4 Å². The van der Waals surface area contributed by atoms with Crippen LogP contribution in [0.15, 0.2) is 54.2 Å². The van der Waals surface area contributed by atoms with E-state index in [1.807, 2.05) is 0 Å². The maximum atomic E-state index is 12.2. The van der Waals surface area contributed by atoms with Gasteiger partial charge in [0.05, 0.1) is 23.4 Å². The van der Waals surface area contributed by atoms with Crippen molar-refractivity contribution in [3.63, 3.8) is 0 Å². The van der Waals surface area contributed by atoms with E-state index in [0.717, 1.165) is 0 Å². The van der Waals surface area contributed by atoms with Crippen LogP contribution in [0.2, 0.25) is 10.0 Å². The highest BCUT2D eigenvalue weighted by atomic mass is 35.5. The molecular formula is C18H13Cl2N3O3. The van der Waals surface area contributed by atoms with Gasteiger partial charge >= 0.3 is 5.97 Å². The maximum Gasteiger partial charge on any atom is 0.337 e. The molecule has 132 valence electrons. The number of ether oxygens (including phenoxy) is 1. The van der Waals surface area contributed by atoms with Crippen LogP contribution in [0.3, 0.4) is 0 Å². The number of carbonyl (C=O) groups excluding carboxylic acids is 2. The average molecular weight is 390 g/mol. The Hall–Kier alpha value is -3.01. The normalized spacial score (nSPS) is 10.6. The number of anilines is 2. The van der Waals surface area contributed by atoms with Crippen molar-refractivity contribution < 1.29 is 14.3 Å². The molecule has 0 spiro atoms. The predicted molar refractivity (Wildman–Crippen MR) is 100 cm³/mol. The molecule has 0 aliphatic rings. The number of nitrogens with zero attached hydrogens (tertiary/aromatic N) is 1. The summed E-state index contributed by atoms with van der Waals surface area (Å²) in [6, 6.07) is 12.8. The third kappa shape index (κ3) is 4.99. The van der Waals surface area contributed by atoms with Crippen LogP contribution in [0.25, 0.3) is 0 Å². The van der Waals surface area contributed by atoms with Crippen molar-refractivity contribution in [2.24, 2.45) is 0 Å². The van der Waals surface area contributed by atoms with E-state index >= 15 is 0 Å². The molecule has 0 heterocycles. The van der Waals surface area contributed by atoms with Crippen LogP contribution in [0.1, 0.15) is 10.4 Å². The fourth-order valence-corrected chi connectivity index (χ4v) is 2.39. The van der Waals surface area contributed by atoms with E-state index in [0.29, 0.717) is 22.0 Å². The highest BCUT2D eigenvalue weighted by Crippen LogP contribution is 2.25. The minimum atomic E-state index is -0.645. The molecule has 0 saturated carbocycles. The standard InChI is InChI=1S/C18H13Cl2N3O3/c1-26-18(25)11-3-2-4-14(7-11)22-10-12(9-21)17(24)23-16-6-5-13(19)8-15(16)20/h2-8,10,22H,1H3,(H,23,24)/b12-10-. The second-order valence-corrected chi connectivity index (χ2v) is 5.81. The topological polar surface area (TPSA) is 91.2 Å². The van der Waals surface area contributed by atoms with Crippen molar-refractivity contribution in [2.45, 2.75) is 0 Å². The first-order chi connectivity index (χ1) is 12.4. The Bertz CT molecular complexity index is 920. The largest absolute Gasteiger partial charge is 0.465 e. The third-order valence-corrected chi connectivity index (χ3v) is 3.76. The molecule has 2 N–H and O–H groups in total. The zero-order valence-corrected chi connectivity index (χ0v) is 15.1. The van der Waals surface area contributed by atoms with E-state index in [4.69, 9.17) is 23.2 Å². The number of rotatable bonds is 5. The van der Waals surface area contributed by atoms with Gasteiger partial charge in [0.25, 0.3) is 5.91 Å². The zero-order valence-electron chi connectivity index (χ0n) is 13.5. The second-order valence-electron chi connectivity index (χ2n) is 4.96. The number of amides is 1. The van der Waals surface area contributed by atoms with Gasteiger partial charge in [0, 0.05) is 16.9 Å². The molecule has 0 atom stereocenters. The summed E-state index contributed by atoms with van der Waals surface area (Å²) >= 11 is 11.8. The average Bonchev–Trinajstić information content (AvgIpc) is 2.64. The molecule has 0 aromatic heterocycles. The van der Waals surface area contributed by atoms with Crippen LogP contribution in [0, 0.1) is 11.3 Å². The highest BCUT2D eigenvalue weighted by molar-refractivity contribution is 6.36. The number of esters is 1. The van der Waals surface area contributed by atoms with Gasteiger partial charge in [0.15, 0.2) is 0 Å². The Morgan fingerprint density at radius 2 is 1.96 bits per heavy atom. The van der Waals surface area contributed by atoms with Crippen molar-refractivity contribution in [1.82, 2.24) is 0 Å². The van der Waals surface area contributed by atoms with E-state index < -0.39 is 11.9 Å². The number of carbonyl (C=O) groups is 2.